The van der Waals surface area contributed by atoms with E-state index in [1.165, 1.54) is 30.5 Å². The lowest BCUT2D eigenvalue weighted by Gasteiger charge is -2.09. The predicted octanol–water partition coefficient (Wildman–Crippen LogP) is 5.03. The molecular weight excluding hydrogens is 427 g/mol. The van der Waals surface area contributed by atoms with E-state index in [-0.39, 0.29) is 22.8 Å². The minimum Gasteiger partial charge on any atom is -0.488 e. The third kappa shape index (κ3) is 5.59. The molecule has 0 bridgehead atoms. The van der Waals surface area contributed by atoms with E-state index in [1.807, 2.05) is 12.1 Å². The van der Waals surface area contributed by atoms with E-state index in [0.717, 1.165) is 5.56 Å². The summed E-state index contributed by atoms with van der Waals surface area (Å²) in [6, 6.07) is 18.2. The molecule has 2 N–H and O–H groups in total. The summed E-state index contributed by atoms with van der Waals surface area (Å²) >= 11 is 11.9. The van der Waals surface area contributed by atoms with Gasteiger partial charge in [-0.05, 0) is 48.0 Å². The normalized spacial score (nSPS) is 10.7. The molecule has 0 radical (unpaired) electrons. The van der Waals surface area contributed by atoms with E-state index in [2.05, 4.69) is 10.5 Å². The van der Waals surface area contributed by atoms with Crippen molar-refractivity contribution < 1.29 is 19.4 Å². The molecule has 30 heavy (non-hydrogen) atoms. The van der Waals surface area contributed by atoms with Crippen molar-refractivity contribution in [2.24, 2.45) is 5.10 Å². The van der Waals surface area contributed by atoms with E-state index in [4.69, 9.17) is 33.0 Å². The van der Waals surface area contributed by atoms with Gasteiger partial charge in [-0.1, -0.05) is 47.5 Å². The molecule has 152 valence electrons. The van der Waals surface area contributed by atoms with Gasteiger partial charge < -0.3 is 9.84 Å². The third-order valence-corrected chi connectivity index (χ3v) is 4.61. The van der Waals surface area contributed by atoms with Crippen LogP contribution in [-0.2, 0) is 6.61 Å². The van der Waals surface area contributed by atoms with Crippen LogP contribution in [0, 0.1) is 0 Å². The van der Waals surface area contributed by atoms with Crippen molar-refractivity contribution in [1.82, 2.24) is 5.43 Å². The Kier molecular flexibility index (Phi) is 7.06. The number of para-hydroxylation sites is 1. The van der Waals surface area contributed by atoms with Crippen LogP contribution in [-0.4, -0.2) is 23.2 Å². The Morgan fingerprint density at radius 3 is 2.47 bits per heavy atom. The topological polar surface area (TPSA) is 88.0 Å². The van der Waals surface area contributed by atoms with E-state index < -0.39 is 11.9 Å². The molecule has 0 fully saturated rings. The fourth-order valence-corrected chi connectivity index (χ4v) is 3.01. The minimum absolute atomic E-state index is 0.211. The predicted molar refractivity (Wildman–Crippen MR) is 116 cm³/mol. The van der Waals surface area contributed by atoms with Crippen LogP contribution in [0.5, 0.6) is 5.75 Å². The zero-order valence-corrected chi connectivity index (χ0v) is 17.0. The summed E-state index contributed by atoms with van der Waals surface area (Å²) in [5, 5.41) is 13.6. The number of nitrogens with zero attached hydrogens (tertiary/aromatic N) is 1. The second-order valence-electron chi connectivity index (χ2n) is 6.15. The maximum Gasteiger partial charge on any atom is 0.335 e. The number of nitrogens with one attached hydrogen (secondary N) is 1. The van der Waals surface area contributed by atoms with Gasteiger partial charge in [0.1, 0.15) is 12.4 Å². The lowest BCUT2D eigenvalue weighted by molar-refractivity contribution is 0.0696. The van der Waals surface area contributed by atoms with Gasteiger partial charge >= 0.3 is 5.97 Å². The van der Waals surface area contributed by atoms with Gasteiger partial charge in [0.05, 0.1) is 22.4 Å². The Balaban J connectivity index is 1.64. The fraction of sp³-hybridized carbons (Fsp3) is 0.0455. The highest BCUT2D eigenvalue weighted by molar-refractivity contribution is 6.36. The van der Waals surface area contributed by atoms with Crippen molar-refractivity contribution in [3.05, 3.63) is 99.0 Å². The number of carbonyl (C=O) groups is 2. The third-order valence-electron chi connectivity index (χ3n) is 4.06. The Bertz CT molecular complexity index is 1100. The largest absolute Gasteiger partial charge is 0.488 e. The SMILES string of the molecule is O=C(O)c1ccc(COc2ccccc2/C=N\NC(=O)c2ccc(Cl)cc2Cl)cc1. The molecular formula is C22H16Cl2N2O4. The average molecular weight is 443 g/mol. The highest BCUT2D eigenvalue weighted by Crippen LogP contribution is 2.21. The Morgan fingerprint density at radius 1 is 1.03 bits per heavy atom. The second kappa shape index (κ2) is 9.91. The first-order chi connectivity index (χ1) is 14.4. The number of benzene rings is 3. The first kappa shape index (κ1) is 21.4. The Morgan fingerprint density at radius 2 is 1.77 bits per heavy atom. The van der Waals surface area contributed by atoms with Gasteiger partial charge in [-0.3, -0.25) is 4.79 Å². The number of hydrogen-bond acceptors (Lipinski definition) is 4. The number of halogens is 2. The molecule has 0 aliphatic carbocycles. The molecule has 3 aromatic rings. The van der Waals surface area contributed by atoms with Crippen molar-refractivity contribution in [3.63, 3.8) is 0 Å². The summed E-state index contributed by atoms with van der Waals surface area (Å²) in [7, 11) is 0. The smallest absolute Gasteiger partial charge is 0.335 e. The lowest BCUT2D eigenvalue weighted by atomic mass is 10.1. The number of hydrogen-bond donors (Lipinski definition) is 2. The van der Waals surface area contributed by atoms with Crippen molar-refractivity contribution in [2.45, 2.75) is 6.61 Å². The Labute approximate surface area is 182 Å². The average Bonchev–Trinajstić information content (AvgIpc) is 2.73. The summed E-state index contributed by atoms with van der Waals surface area (Å²) in [4.78, 5) is 23.1. The molecule has 0 saturated carbocycles. The van der Waals surface area contributed by atoms with Gasteiger partial charge in [0, 0.05) is 10.6 Å². The zero-order chi connectivity index (χ0) is 21.5. The molecule has 8 heteroatoms. The maximum atomic E-state index is 12.2. The van der Waals surface area contributed by atoms with Crippen molar-refractivity contribution in [1.29, 1.82) is 0 Å². The molecule has 0 atom stereocenters. The molecule has 0 heterocycles. The standard InChI is InChI=1S/C22H16Cl2N2O4/c23-17-9-10-18(19(24)11-17)21(27)26-25-12-16-3-1-2-4-20(16)30-13-14-5-7-15(8-6-14)22(28)29/h1-12H,13H2,(H,26,27)(H,28,29)/b25-12-. The van der Waals surface area contributed by atoms with E-state index >= 15 is 0 Å². The van der Waals surface area contributed by atoms with Crippen LogP contribution in [0.4, 0.5) is 0 Å². The van der Waals surface area contributed by atoms with E-state index in [9.17, 15) is 9.59 Å². The number of amides is 1. The van der Waals surface area contributed by atoms with Crippen LogP contribution in [0.25, 0.3) is 0 Å². The number of rotatable bonds is 7. The Hall–Kier alpha value is -3.35. The molecule has 3 aromatic carbocycles. The van der Waals surface area contributed by atoms with Crippen molar-refractivity contribution in [3.8, 4) is 5.75 Å². The van der Waals surface area contributed by atoms with Crippen molar-refractivity contribution in [2.75, 3.05) is 0 Å². The molecule has 0 spiro atoms. The maximum absolute atomic E-state index is 12.2. The number of ether oxygens (including phenoxy) is 1. The van der Waals surface area contributed by atoms with Crippen LogP contribution < -0.4 is 10.2 Å². The summed E-state index contributed by atoms with van der Waals surface area (Å²) in [6.45, 7) is 0.248. The van der Waals surface area contributed by atoms with Gasteiger partial charge in [-0.25, -0.2) is 10.2 Å². The molecule has 0 aliphatic rings. The molecule has 3 rings (SSSR count). The second-order valence-corrected chi connectivity index (χ2v) is 7.00. The molecule has 1 amide bonds. The number of aromatic carboxylic acids is 1. The molecule has 0 unspecified atom stereocenters. The van der Waals surface area contributed by atoms with E-state index in [1.54, 1.807) is 30.3 Å². The first-order valence-corrected chi connectivity index (χ1v) is 9.52. The van der Waals surface area contributed by atoms with Crippen LogP contribution >= 0.6 is 23.2 Å². The highest BCUT2D eigenvalue weighted by Gasteiger charge is 2.10. The van der Waals surface area contributed by atoms with Gasteiger partial charge in [0.15, 0.2) is 0 Å². The fourth-order valence-electron chi connectivity index (χ4n) is 2.52. The van der Waals surface area contributed by atoms with Crippen molar-refractivity contribution >= 4 is 41.3 Å². The number of carboxylic acid groups (broad SMARTS) is 1. The van der Waals surface area contributed by atoms with Gasteiger partial charge in [0.2, 0.25) is 0 Å². The number of hydrazone groups is 1. The zero-order valence-electron chi connectivity index (χ0n) is 15.5. The monoisotopic (exact) mass is 442 g/mol. The highest BCUT2D eigenvalue weighted by atomic mass is 35.5. The van der Waals surface area contributed by atoms with Gasteiger partial charge in [-0.15, -0.1) is 0 Å². The molecule has 6 nitrogen and oxygen atoms in total. The number of carboxylic acids is 1. The van der Waals surface area contributed by atoms with Crippen LogP contribution in [0.3, 0.4) is 0 Å². The minimum atomic E-state index is -0.981. The van der Waals surface area contributed by atoms with Crippen LogP contribution in [0.1, 0.15) is 31.8 Å². The molecule has 0 saturated heterocycles. The first-order valence-electron chi connectivity index (χ1n) is 8.76. The van der Waals surface area contributed by atoms with Crippen LogP contribution in [0.2, 0.25) is 10.0 Å². The summed E-state index contributed by atoms with van der Waals surface area (Å²) in [5.41, 5.74) is 4.36. The van der Waals surface area contributed by atoms with Gasteiger partial charge in [-0.2, -0.15) is 5.10 Å². The van der Waals surface area contributed by atoms with Crippen LogP contribution in [0.15, 0.2) is 71.8 Å². The summed E-state index contributed by atoms with van der Waals surface area (Å²) in [5.74, 6) is -0.891. The number of carbonyl (C=O) groups excluding carboxylic acids is 1. The molecule has 0 aliphatic heterocycles. The molecule has 0 aromatic heterocycles. The van der Waals surface area contributed by atoms with Gasteiger partial charge in [0.25, 0.3) is 5.91 Å². The lowest BCUT2D eigenvalue weighted by Crippen LogP contribution is -2.18. The summed E-state index contributed by atoms with van der Waals surface area (Å²) < 4.78 is 5.81. The quantitative estimate of drug-likeness (QED) is 0.396. The van der Waals surface area contributed by atoms with E-state index in [0.29, 0.717) is 16.3 Å². The summed E-state index contributed by atoms with van der Waals surface area (Å²) in [6.07, 6.45) is 1.46.